The van der Waals surface area contributed by atoms with Gasteiger partial charge < -0.3 is 21.1 Å². The molecule has 0 aliphatic heterocycles. The van der Waals surface area contributed by atoms with Crippen molar-refractivity contribution in [3.63, 3.8) is 0 Å². The maximum Gasteiger partial charge on any atom is 0.408 e. The molecular weight excluding hydrogens is 459 g/mol. The first-order valence-corrected chi connectivity index (χ1v) is 11.3. The normalized spacial score (nSPS) is 11.4. The molecule has 182 valence electrons. The van der Waals surface area contributed by atoms with Crippen LogP contribution >= 0.6 is 0 Å². The van der Waals surface area contributed by atoms with E-state index in [4.69, 9.17) is 10.5 Å². The van der Waals surface area contributed by atoms with Gasteiger partial charge in [0.05, 0.1) is 6.20 Å². The Balaban J connectivity index is 1.55. The molecular formula is C28H25FN4O3. The summed E-state index contributed by atoms with van der Waals surface area (Å²) in [5.74, 6) is -0.925. The molecule has 8 heteroatoms. The molecule has 1 atom stereocenters. The van der Waals surface area contributed by atoms with E-state index in [-0.39, 0.29) is 6.61 Å². The van der Waals surface area contributed by atoms with Gasteiger partial charge in [0.2, 0.25) is 0 Å². The van der Waals surface area contributed by atoms with Gasteiger partial charge in [0.25, 0.3) is 5.91 Å². The summed E-state index contributed by atoms with van der Waals surface area (Å²) in [6.07, 6.45) is 1.89. The van der Waals surface area contributed by atoms with E-state index in [0.29, 0.717) is 28.9 Å². The van der Waals surface area contributed by atoms with E-state index < -0.39 is 23.9 Å². The van der Waals surface area contributed by atoms with Gasteiger partial charge in [-0.3, -0.25) is 9.78 Å². The summed E-state index contributed by atoms with van der Waals surface area (Å²) < 4.78 is 19.5. The minimum Gasteiger partial charge on any atom is -0.445 e. The van der Waals surface area contributed by atoms with Crippen molar-refractivity contribution in [2.75, 3.05) is 5.32 Å². The van der Waals surface area contributed by atoms with Crippen LogP contribution in [-0.4, -0.2) is 17.0 Å². The number of pyridine rings is 1. The maximum atomic E-state index is 14.2. The number of nitrogens with one attached hydrogen (secondary N) is 2. The van der Waals surface area contributed by atoms with Crippen LogP contribution in [0.5, 0.6) is 0 Å². The molecule has 0 saturated carbocycles. The van der Waals surface area contributed by atoms with E-state index in [0.717, 1.165) is 17.3 Å². The number of halogens is 1. The number of carbonyl (C=O) groups excluding carboxylic acids is 2. The predicted octanol–water partition coefficient (Wildman–Crippen LogP) is 4.95. The van der Waals surface area contributed by atoms with Crippen LogP contribution in [0.2, 0.25) is 0 Å². The number of ether oxygens (including phenoxy) is 1. The van der Waals surface area contributed by atoms with Gasteiger partial charge in [-0.05, 0) is 40.5 Å². The number of rotatable bonds is 8. The highest BCUT2D eigenvalue weighted by molar-refractivity contribution is 5.97. The fourth-order valence-corrected chi connectivity index (χ4v) is 3.64. The lowest BCUT2D eigenvalue weighted by atomic mass is 10.0. The molecule has 3 aromatic carbocycles. The van der Waals surface area contributed by atoms with Gasteiger partial charge in [0.1, 0.15) is 18.5 Å². The molecule has 4 N–H and O–H groups in total. The summed E-state index contributed by atoms with van der Waals surface area (Å²) in [4.78, 5) is 29.6. The van der Waals surface area contributed by atoms with Gasteiger partial charge in [-0.25, -0.2) is 9.18 Å². The number of carbonyl (C=O) groups is 2. The third-order valence-electron chi connectivity index (χ3n) is 5.49. The summed E-state index contributed by atoms with van der Waals surface area (Å²) in [6, 6.07) is 23.5. The van der Waals surface area contributed by atoms with Crippen molar-refractivity contribution in [1.82, 2.24) is 10.3 Å². The van der Waals surface area contributed by atoms with Crippen molar-refractivity contribution in [2.45, 2.75) is 19.2 Å². The van der Waals surface area contributed by atoms with Crippen LogP contribution in [0.25, 0.3) is 11.1 Å². The molecule has 0 radical (unpaired) electrons. The van der Waals surface area contributed by atoms with Gasteiger partial charge in [0, 0.05) is 24.0 Å². The molecule has 1 aromatic heterocycles. The Hall–Kier alpha value is -4.56. The molecule has 2 amide bonds. The molecule has 0 spiro atoms. The van der Waals surface area contributed by atoms with E-state index in [9.17, 15) is 14.0 Å². The molecule has 0 aliphatic carbocycles. The molecule has 36 heavy (non-hydrogen) atoms. The zero-order valence-electron chi connectivity index (χ0n) is 19.4. The molecule has 0 bridgehead atoms. The van der Waals surface area contributed by atoms with Crippen molar-refractivity contribution in [1.29, 1.82) is 0 Å². The fourth-order valence-electron chi connectivity index (χ4n) is 3.64. The minimum atomic E-state index is -1.06. The van der Waals surface area contributed by atoms with Crippen LogP contribution in [-0.2, 0) is 22.7 Å². The highest BCUT2D eigenvalue weighted by Gasteiger charge is 2.24. The molecule has 0 unspecified atom stereocenters. The number of hydrogen-bond acceptors (Lipinski definition) is 5. The van der Waals surface area contributed by atoms with Crippen molar-refractivity contribution in [2.24, 2.45) is 5.73 Å². The Labute approximate surface area is 208 Å². The average Bonchev–Trinajstić information content (AvgIpc) is 2.91. The summed E-state index contributed by atoms with van der Waals surface area (Å²) in [6.45, 7) is 0.379. The number of alkyl carbamates (subject to hydrolysis) is 1. The number of benzene rings is 3. The van der Waals surface area contributed by atoms with Crippen molar-refractivity contribution < 1.29 is 18.7 Å². The Morgan fingerprint density at radius 2 is 1.69 bits per heavy atom. The smallest absolute Gasteiger partial charge is 0.408 e. The SMILES string of the molecule is NCc1cccc(NC(=O)[C@@H](NC(=O)OCc2ccccc2)c2ccc(-c3ccncc3F)cc2)c1. The zero-order chi connectivity index (χ0) is 25.3. The topological polar surface area (TPSA) is 106 Å². The van der Waals surface area contributed by atoms with Crippen LogP contribution in [0.3, 0.4) is 0 Å². The van der Waals surface area contributed by atoms with Crippen LogP contribution in [0.15, 0.2) is 97.3 Å². The Kier molecular flexibility index (Phi) is 8.00. The number of amides is 2. The highest BCUT2D eigenvalue weighted by atomic mass is 19.1. The highest BCUT2D eigenvalue weighted by Crippen LogP contribution is 2.25. The lowest BCUT2D eigenvalue weighted by molar-refractivity contribution is -0.118. The molecule has 1 heterocycles. The number of nitrogens with two attached hydrogens (primary N) is 1. The molecule has 7 nitrogen and oxygen atoms in total. The summed E-state index contributed by atoms with van der Waals surface area (Å²) in [5, 5.41) is 5.46. The van der Waals surface area contributed by atoms with Crippen molar-refractivity contribution >= 4 is 17.7 Å². The van der Waals surface area contributed by atoms with Gasteiger partial charge in [-0.15, -0.1) is 0 Å². The van der Waals surface area contributed by atoms with Crippen molar-refractivity contribution in [3.8, 4) is 11.1 Å². The molecule has 0 saturated heterocycles. The van der Waals surface area contributed by atoms with Crippen LogP contribution in [0.4, 0.5) is 14.9 Å². The first-order valence-electron chi connectivity index (χ1n) is 11.3. The zero-order valence-corrected chi connectivity index (χ0v) is 19.4. The van der Waals surface area contributed by atoms with E-state index in [1.807, 2.05) is 36.4 Å². The van der Waals surface area contributed by atoms with Gasteiger partial charge in [-0.2, -0.15) is 0 Å². The molecule has 4 rings (SSSR count). The molecule has 4 aromatic rings. The maximum absolute atomic E-state index is 14.2. The fraction of sp³-hybridized carbons (Fsp3) is 0.107. The van der Waals surface area contributed by atoms with Crippen LogP contribution in [0, 0.1) is 5.82 Å². The van der Waals surface area contributed by atoms with E-state index in [1.165, 1.54) is 6.20 Å². The number of anilines is 1. The standard InChI is InChI=1S/C28H25FN4O3/c29-25-17-31-14-13-24(25)21-9-11-22(12-10-21)26(27(34)32-23-8-4-7-20(15-23)16-30)33-28(35)36-18-19-5-2-1-3-6-19/h1-15,17,26H,16,18,30H2,(H,32,34)(H,33,35)/t26-/m0/s1. The average molecular weight is 485 g/mol. The lowest BCUT2D eigenvalue weighted by Gasteiger charge is -2.19. The first-order chi connectivity index (χ1) is 17.5. The third-order valence-corrected chi connectivity index (χ3v) is 5.49. The summed E-state index contributed by atoms with van der Waals surface area (Å²) in [5.41, 5.74) is 9.40. The second-order valence-corrected chi connectivity index (χ2v) is 8.01. The predicted molar refractivity (Wildman–Crippen MR) is 135 cm³/mol. The largest absolute Gasteiger partial charge is 0.445 e. The second kappa shape index (κ2) is 11.7. The summed E-state index contributed by atoms with van der Waals surface area (Å²) >= 11 is 0. The number of aromatic nitrogens is 1. The van der Waals surface area contributed by atoms with Crippen LogP contribution in [0.1, 0.15) is 22.7 Å². The van der Waals surface area contributed by atoms with E-state index >= 15 is 0 Å². The molecule has 0 aliphatic rings. The quantitative estimate of drug-likeness (QED) is 0.328. The monoisotopic (exact) mass is 484 g/mol. The lowest BCUT2D eigenvalue weighted by Crippen LogP contribution is -2.37. The van der Waals surface area contributed by atoms with E-state index in [1.54, 1.807) is 48.5 Å². The Morgan fingerprint density at radius 1 is 0.944 bits per heavy atom. The van der Waals surface area contributed by atoms with E-state index in [2.05, 4.69) is 15.6 Å². The Bertz CT molecular complexity index is 1330. The molecule has 0 fully saturated rings. The van der Waals surface area contributed by atoms with Gasteiger partial charge in [0.15, 0.2) is 0 Å². The third kappa shape index (κ3) is 6.31. The van der Waals surface area contributed by atoms with Crippen LogP contribution < -0.4 is 16.4 Å². The number of hydrogen-bond donors (Lipinski definition) is 3. The van der Waals surface area contributed by atoms with Gasteiger partial charge in [-0.1, -0.05) is 66.7 Å². The minimum absolute atomic E-state index is 0.0554. The van der Waals surface area contributed by atoms with Gasteiger partial charge >= 0.3 is 6.09 Å². The number of nitrogens with zero attached hydrogens (tertiary/aromatic N) is 1. The summed E-state index contributed by atoms with van der Waals surface area (Å²) in [7, 11) is 0. The van der Waals surface area contributed by atoms with Crippen molar-refractivity contribution in [3.05, 3.63) is 120 Å². The Morgan fingerprint density at radius 3 is 2.42 bits per heavy atom. The second-order valence-electron chi connectivity index (χ2n) is 8.01. The first kappa shape index (κ1) is 24.6.